The summed E-state index contributed by atoms with van der Waals surface area (Å²) >= 11 is 0. The number of ether oxygens (including phenoxy) is 2. The quantitative estimate of drug-likeness (QED) is 0.262. The number of para-hydroxylation sites is 1. The number of aliphatic hydroxyl groups excluding tert-OH is 1. The van der Waals surface area contributed by atoms with Gasteiger partial charge in [0.15, 0.2) is 11.4 Å². The SMILES string of the molecule is COCCOC1(CO)CCC(c2nc3c(-c4ccn(-c5ccccc5)n4)cnn3c(N)c2C(C)=O)CC1. The zero-order valence-corrected chi connectivity index (χ0v) is 21.1. The molecule has 0 unspecified atom stereocenters. The third-order valence-corrected chi connectivity index (χ3v) is 7.22. The highest BCUT2D eigenvalue weighted by Gasteiger charge is 2.38. The summed E-state index contributed by atoms with van der Waals surface area (Å²) in [6, 6.07) is 11.8. The van der Waals surface area contributed by atoms with E-state index in [1.807, 2.05) is 42.6 Å². The molecule has 4 aromatic rings. The number of carbonyl (C=O) groups excluding carboxylic acids is 1. The van der Waals surface area contributed by atoms with Gasteiger partial charge < -0.3 is 20.3 Å². The van der Waals surface area contributed by atoms with Gasteiger partial charge in [-0.3, -0.25) is 4.79 Å². The van der Waals surface area contributed by atoms with Crippen LogP contribution in [0.2, 0.25) is 0 Å². The molecule has 3 heterocycles. The Morgan fingerprint density at radius 3 is 2.62 bits per heavy atom. The number of Topliss-reactive ketones (excluding diaryl/α,β-unsaturated/α-hetero) is 1. The molecule has 37 heavy (non-hydrogen) atoms. The van der Waals surface area contributed by atoms with E-state index in [9.17, 15) is 9.90 Å². The van der Waals surface area contributed by atoms with Gasteiger partial charge >= 0.3 is 0 Å². The fourth-order valence-electron chi connectivity index (χ4n) is 5.17. The van der Waals surface area contributed by atoms with Crippen molar-refractivity contribution in [3.05, 3.63) is 60.0 Å². The summed E-state index contributed by atoms with van der Waals surface area (Å²) in [4.78, 5) is 17.7. The number of fused-ring (bicyclic) bond motifs is 1. The van der Waals surface area contributed by atoms with Crippen molar-refractivity contribution in [2.24, 2.45) is 0 Å². The van der Waals surface area contributed by atoms with Gasteiger partial charge in [0, 0.05) is 19.2 Å². The van der Waals surface area contributed by atoms with Crippen molar-refractivity contribution in [3.63, 3.8) is 0 Å². The Labute approximate surface area is 215 Å². The van der Waals surface area contributed by atoms with Crippen molar-refractivity contribution < 1.29 is 19.4 Å². The number of anilines is 1. The van der Waals surface area contributed by atoms with Crippen LogP contribution in [0.1, 0.15) is 54.6 Å². The molecule has 10 heteroatoms. The number of aromatic nitrogens is 5. The first-order valence-corrected chi connectivity index (χ1v) is 12.5. The fourth-order valence-corrected chi connectivity index (χ4v) is 5.17. The van der Waals surface area contributed by atoms with E-state index in [1.165, 1.54) is 11.4 Å². The number of nitrogens with two attached hydrogens (primary N) is 1. The Bertz CT molecular complexity index is 1390. The lowest BCUT2D eigenvalue weighted by Crippen LogP contribution is -2.41. The number of benzene rings is 1. The largest absolute Gasteiger partial charge is 0.393 e. The van der Waals surface area contributed by atoms with Gasteiger partial charge in [-0.15, -0.1) is 0 Å². The molecular weight excluding hydrogens is 472 g/mol. The summed E-state index contributed by atoms with van der Waals surface area (Å²) in [7, 11) is 1.62. The van der Waals surface area contributed by atoms with Crippen molar-refractivity contribution in [2.75, 3.05) is 32.7 Å². The van der Waals surface area contributed by atoms with Crippen molar-refractivity contribution in [1.29, 1.82) is 0 Å². The van der Waals surface area contributed by atoms with Gasteiger partial charge in [0.05, 0.1) is 59.8 Å². The van der Waals surface area contributed by atoms with E-state index in [0.717, 1.165) is 11.3 Å². The molecule has 194 valence electrons. The van der Waals surface area contributed by atoms with Crippen LogP contribution in [-0.2, 0) is 9.47 Å². The van der Waals surface area contributed by atoms with E-state index in [1.54, 1.807) is 18.0 Å². The topological polar surface area (TPSA) is 130 Å². The molecule has 0 amide bonds. The Hall–Kier alpha value is -3.60. The molecule has 0 bridgehead atoms. The van der Waals surface area contributed by atoms with E-state index in [2.05, 4.69) is 5.10 Å². The molecule has 0 saturated heterocycles. The lowest BCUT2D eigenvalue weighted by atomic mass is 9.76. The van der Waals surface area contributed by atoms with Gasteiger partial charge in [-0.2, -0.15) is 14.7 Å². The number of carbonyl (C=O) groups is 1. The molecule has 3 aromatic heterocycles. The van der Waals surface area contributed by atoms with Crippen LogP contribution >= 0.6 is 0 Å². The van der Waals surface area contributed by atoms with Crippen LogP contribution in [0, 0.1) is 0 Å². The molecule has 1 aromatic carbocycles. The Balaban J connectivity index is 1.50. The molecule has 0 spiro atoms. The highest BCUT2D eigenvalue weighted by Crippen LogP contribution is 2.41. The van der Waals surface area contributed by atoms with Crippen molar-refractivity contribution in [2.45, 2.75) is 44.1 Å². The molecule has 1 saturated carbocycles. The first-order chi connectivity index (χ1) is 18.0. The van der Waals surface area contributed by atoms with Crippen LogP contribution in [0.5, 0.6) is 0 Å². The average Bonchev–Trinajstić information content (AvgIpc) is 3.57. The van der Waals surface area contributed by atoms with Gasteiger partial charge in [0.2, 0.25) is 0 Å². The normalized spacial score (nSPS) is 19.9. The first kappa shape index (κ1) is 25.1. The number of hydrogen-bond donors (Lipinski definition) is 2. The molecule has 0 radical (unpaired) electrons. The third-order valence-electron chi connectivity index (χ3n) is 7.22. The molecular formula is C27H32N6O4. The number of aliphatic hydroxyl groups is 1. The van der Waals surface area contributed by atoms with E-state index >= 15 is 0 Å². The number of methoxy groups -OCH3 is 1. The number of ketones is 1. The standard InChI is InChI=1S/C27H32N6O4/c1-18(35)23-24(19-8-11-27(17-34,12-9-19)37-15-14-36-2)30-26-21(16-29-33(26)25(23)28)22-10-13-32(31-22)20-6-4-3-5-7-20/h3-7,10,13,16,19,34H,8-9,11-12,14-15,17,28H2,1-2H3. The predicted octanol–water partition coefficient (Wildman–Crippen LogP) is 3.42. The number of hydrogen-bond acceptors (Lipinski definition) is 8. The van der Waals surface area contributed by atoms with Gasteiger partial charge in [0.1, 0.15) is 5.82 Å². The summed E-state index contributed by atoms with van der Waals surface area (Å²) in [6.45, 7) is 2.34. The second-order valence-electron chi connectivity index (χ2n) is 9.54. The van der Waals surface area contributed by atoms with E-state index in [4.69, 9.17) is 25.3 Å². The maximum absolute atomic E-state index is 12.7. The highest BCUT2D eigenvalue weighted by molar-refractivity contribution is 6.00. The summed E-state index contributed by atoms with van der Waals surface area (Å²) in [5.74, 6) is 0.126. The summed E-state index contributed by atoms with van der Waals surface area (Å²) < 4.78 is 14.4. The minimum atomic E-state index is -0.604. The Morgan fingerprint density at radius 2 is 1.95 bits per heavy atom. The molecule has 0 aliphatic heterocycles. The molecule has 3 N–H and O–H groups in total. The molecule has 5 rings (SSSR count). The average molecular weight is 505 g/mol. The predicted molar refractivity (Wildman–Crippen MR) is 139 cm³/mol. The van der Waals surface area contributed by atoms with Crippen molar-refractivity contribution in [3.8, 4) is 16.9 Å². The molecule has 10 nitrogen and oxygen atoms in total. The van der Waals surface area contributed by atoms with Crippen LogP contribution in [0.3, 0.4) is 0 Å². The van der Waals surface area contributed by atoms with E-state index in [-0.39, 0.29) is 24.1 Å². The third kappa shape index (κ3) is 4.75. The van der Waals surface area contributed by atoms with Gasteiger partial charge in [0.25, 0.3) is 0 Å². The number of nitrogen functional groups attached to an aromatic ring is 1. The smallest absolute Gasteiger partial charge is 0.167 e. The molecule has 1 fully saturated rings. The molecule has 1 aliphatic carbocycles. The maximum Gasteiger partial charge on any atom is 0.167 e. The van der Waals surface area contributed by atoms with Crippen LogP contribution in [0.4, 0.5) is 5.82 Å². The van der Waals surface area contributed by atoms with Crippen molar-refractivity contribution >= 4 is 17.2 Å². The van der Waals surface area contributed by atoms with Crippen LogP contribution in [0.15, 0.2) is 48.8 Å². The van der Waals surface area contributed by atoms with Crippen LogP contribution < -0.4 is 5.73 Å². The monoisotopic (exact) mass is 504 g/mol. The number of nitrogens with zero attached hydrogens (tertiary/aromatic N) is 5. The maximum atomic E-state index is 12.7. The number of rotatable bonds is 9. The lowest BCUT2D eigenvalue weighted by Gasteiger charge is -2.39. The minimum Gasteiger partial charge on any atom is -0.393 e. The summed E-state index contributed by atoms with van der Waals surface area (Å²) in [5, 5.41) is 19.2. The summed E-state index contributed by atoms with van der Waals surface area (Å²) in [5.41, 5.74) is 9.93. The lowest BCUT2D eigenvalue weighted by molar-refractivity contribution is -0.113. The van der Waals surface area contributed by atoms with Gasteiger partial charge in [-0.1, -0.05) is 18.2 Å². The molecule has 0 atom stereocenters. The summed E-state index contributed by atoms with van der Waals surface area (Å²) in [6.07, 6.45) is 6.29. The highest BCUT2D eigenvalue weighted by atomic mass is 16.5. The van der Waals surface area contributed by atoms with Gasteiger partial charge in [-0.25, -0.2) is 9.67 Å². The minimum absolute atomic E-state index is 0.00141. The van der Waals surface area contributed by atoms with Crippen LogP contribution in [0.25, 0.3) is 22.6 Å². The Kier molecular flexibility index (Phi) is 7.05. The van der Waals surface area contributed by atoms with Crippen molar-refractivity contribution in [1.82, 2.24) is 24.4 Å². The van der Waals surface area contributed by atoms with E-state index < -0.39 is 5.60 Å². The molecule has 1 aliphatic rings. The second kappa shape index (κ2) is 10.4. The zero-order chi connectivity index (χ0) is 26.0. The fraction of sp³-hybridized carbons (Fsp3) is 0.407. The van der Waals surface area contributed by atoms with Gasteiger partial charge in [-0.05, 0) is 50.8 Å². The second-order valence-corrected chi connectivity index (χ2v) is 9.54. The zero-order valence-electron chi connectivity index (χ0n) is 21.1. The van der Waals surface area contributed by atoms with Crippen LogP contribution in [-0.4, -0.2) is 67.8 Å². The first-order valence-electron chi connectivity index (χ1n) is 12.5. The Morgan fingerprint density at radius 1 is 1.19 bits per heavy atom. The van der Waals surface area contributed by atoms with E-state index in [0.29, 0.717) is 61.5 Å².